The van der Waals surface area contributed by atoms with Gasteiger partial charge in [-0.15, -0.1) is 17.0 Å². The van der Waals surface area contributed by atoms with Crippen LogP contribution in [0.25, 0.3) is 0 Å². The number of phenolic OH excluding ortho intramolecular Hbond substituents is 1. The molecule has 3 heteroatoms. The van der Waals surface area contributed by atoms with Crippen molar-refractivity contribution in [3.8, 4) is 5.75 Å². The average Bonchev–Trinajstić information content (AvgIpc) is 1.95. The minimum Gasteiger partial charge on any atom is -0.508 e. The predicted octanol–water partition coefficient (Wildman–Crippen LogP) is 1.74. The lowest BCUT2D eigenvalue weighted by Crippen LogP contribution is -1.98. The zero-order valence-electron chi connectivity index (χ0n) is 6.37. The van der Waals surface area contributed by atoms with Gasteiger partial charge in [0.15, 0.2) is 0 Å². The molecule has 0 fully saturated rings. The number of rotatable bonds is 1. The van der Waals surface area contributed by atoms with Crippen molar-refractivity contribution >= 4 is 17.0 Å². The number of benzene rings is 1. The third-order valence-electron chi connectivity index (χ3n) is 1.64. The van der Waals surface area contributed by atoms with Crippen LogP contribution >= 0.6 is 17.0 Å². The maximum Gasteiger partial charge on any atom is 0.118 e. The third kappa shape index (κ3) is 2.20. The van der Waals surface area contributed by atoms with E-state index in [2.05, 4.69) is 0 Å². The van der Waals surface area contributed by atoms with E-state index in [9.17, 15) is 5.11 Å². The minimum absolute atomic E-state index is 0. The summed E-state index contributed by atoms with van der Waals surface area (Å²) in [5.74, 6) is 0.322. The molecule has 11 heavy (non-hydrogen) atoms. The van der Waals surface area contributed by atoms with Crippen LogP contribution in [0.2, 0.25) is 0 Å². The molecule has 2 nitrogen and oxygen atoms in total. The first-order valence-corrected chi connectivity index (χ1v) is 3.23. The Morgan fingerprint density at radius 3 is 2.55 bits per heavy atom. The van der Waals surface area contributed by atoms with Gasteiger partial charge in [-0.25, -0.2) is 0 Å². The van der Waals surface area contributed by atoms with E-state index < -0.39 is 0 Å². The molecule has 62 valence electrons. The topological polar surface area (TPSA) is 46.2 Å². The first-order chi connectivity index (χ1) is 4.75. The van der Waals surface area contributed by atoms with Crippen LogP contribution in [0.3, 0.4) is 0 Å². The van der Waals surface area contributed by atoms with Crippen LogP contribution in [-0.2, 0) is 6.54 Å². The molecule has 0 aromatic heterocycles. The molecule has 0 aliphatic carbocycles. The second-order valence-corrected chi connectivity index (χ2v) is 2.27. The van der Waals surface area contributed by atoms with Crippen LogP contribution < -0.4 is 5.73 Å². The van der Waals surface area contributed by atoms with Gasteiger partial charge in [0, 0.05) is 6.54 Å². The van der Waals surface area contributed by atoms with Gasteiger partial charge in [-0.05, 0) is 24.1 Å². The fourth-order valence-corrected chi connectivity index (χ4v) is 0.891. The van der Waals surface area contributed by atoms with Gasteiger partial charge in [-0.2, -0.15) is 0 Å². The van der Waals surface area contributed by atoms with Crippen molar-refractivity contribution < 1.29 is 5.11 Å². The summed E-state index contributed by atoms with van der Waals surface area (Å²) in [4.78, 5) is 0. The number of hydrogen-bond donors (Lipinski definition) is 2. The summed E-state index contributed by atoms with van der Waals surface area (Å²) in [6, 6.07) is 5.37. The van der Waals surface area contributed by atoms with Crippen molar-refractivity contribution in [1.82, 2.24) is 0 Å². The molecule has 0 amide bonds. The van der Waals surface area contributed by atoms with E-state index >= 15 is 0 Å². The summed E-state index contributed by atoms with van der Waals surface area (Å²) in [7, 11) is 0. The summed E-state index contributed by atoms with van der Waals surface area (Å²) in [6.07, 6.45) is 0. The summed E-state index contributed by atoms with van der Waals surface area (Å²) in [6.45, 7) is 2.34. The Kier molecular flexibility index (Phi) is 4.15. The molecule has 0 saturated heterocycles. The summed E-state index contributed by atoms with van der Waals surface area (Å²) in [5, 5.41) is 9.18. The number of nitrogens with two attached hydrogens (primary N) is 1. The van der Waals surface area contributed by atoms with Crippen molar-refractivity contribution in [2.75, 3.05) is 0 Å². The van der Waals surface area contributed by atoms with Crippen LogP contribution in [-0.4, -0.2) is 5.11 Å². The Morgan fingerprint density at radius 2 is 2.09 bits per heavy atom. The van der Waals surface area contributed by atoms with Crippen LogP contribution in [0.15, 0.2) is 18.2 Å². The second kappa shape index (κ2) is 4.36. The van der Waals surface area contributed by atoms with Crippen molar-refractivity contribution in [3.05, 3.63) is 29.3 Å². The average molecular weight is 218 g/mol. The molecule has 0 atom stereocenters. The standard InChI is InChI=1S/C8H11NO.BrH/c1-6-7(5-9)3-2-4-8(6)10;/h2-4,10H,5,9H2,1H3;1H. The Morgan fingerprint density at radius 1 is 1.45 bits per heavy atom. The quantitative estimate of drug-likeness (QED) is 0.754. The van der Waals surface area contributed by atoms with Crippen LogP contribution in [0.4, 0.5) is 0 Å². The number of hydrogen-bond acceptors (Lipinski definition) is 2. The van der Waals surface area contributed by atoms with Gasteiger partial charge in [0.1, 0.15) is 5.75 Å². The Balaban J connectivity index is 0.000001000. The Hall–Kier alpha value is -0.540. The Labute approximate surface area is 76.8 Å². The van der Waals surface area contributed by atoms with E-state index in [0.717, 1.165) is 11.1 Å². The normalized spacial score (nSPS) is 8.91. The van der Waals surface area contributed by atoms with Crippen molar-refractivity contribution in [1.29, 1.82) is 0 Å². The smallest absolute Gasteiger partial charge is 0.118 e. The van der Waals surface area contributed by atoms with Crippen LogP contribution in [0.1, 0.15) is 11.1 Å². The molecule has 0 spiro atoms. The highest BCUT2D eigenvalue weighted by atomic mass is 79.9. The van der Waals surface area contributed by atoms with E-state index in [-0.39, 0.29) is 17.0 Å². The third-order valence-corrected chi connectivity index (χ3v) is 1.64. The van der Waals surface area contributed by atoms with E-state index in [0.29, 0.717) is 12.3 Å². The van der Waals surface area contributed by atoms with Crippen molar-refractivity contribution in [2.45, 2.75) is 13.5 Å². The summed E-state index contributed by atoms with van der Waals surface area (Å²) >= 11 is 0. The highest BCUT2D eigenvalue weighted by Crippen LogP contribution is 2.18. The number of aromatic hydroxyl groups is 1. The molecule has 3 N–H and O–H groups in total. The van der Waals surface area contributed by atoms with Gasteiger partial charge in [0.2, 0.25) is 0 Å². The van der Waals surface area contributed by atoms with Gasteiger partial charge >= 0.3 is 0 Å². The monoisotopic (exact) mass is 217 g/mol. The zero-order valence-corrected chi connectivity index (χ0v) is 8.09. The maximum absolute atomic E-state index is 9.18. The minimum atomic E-state index is 0. The molecule has 0 heterocycles. The lowest BCUT2D eigenvalue weighted by Gasteiger charge is -2.02. The van der Waals surface area contributed by atoms with Gasteiger partial charge in [0.25, 0.3) is 0 Å². The predicted molar refractivity (Wildman–Crippen MR) is 51.1 cm³/mol. The second-order valence-electron chi connectivity index (χ2n) is 2.27. The molecule has 0 aliphatic heterocycles. The van der Waals surface area contributed by atoms with Crippen molar-refractivity contribution in [2.24, 2.45) is 5.73 Å². The number of phenols is 1. The lowest BCUT2D eigenvalue weighted by molar-refractivity contribution is 0.470. The Bertz CT molecular complexity index is 238. The zero-order chi connectivity index (χ0) is 7.56. The molecule has 1 rings (SSSR count). The summed E-state index contributed by atoms with van der Waals surface area (Å²) < 4.78 is 0. The van der Waals surface area contributed by atoms with Crippen LogP contribution in [0, 0.1) is 6.92 Å². The molecule has 0 radical (unpaired) electrons. The summed E-state index contributed by atoms with van der Waals surface area (Å²) in [5.41, 5.74) is 7.29. The van der Waals surface area contributed by atoms with E-state index in [4.69, 9.17) is 5.73 Å². The van der Waals surface area contributed by atoms with Crippen molar-refractivity contribution in [3.63, 3.8) is 0 Å². The molecule has 0 saturated carbocycles. The van der Waals surface area contributed by atoms with E-state index in [1.54, 1.807) is 12.1 Å². The highest BCUT2D eigenvalue weighted by Gasteiger charge is 1.98. The van der Waals surface area contributed by atoms with Gasteiger partial charge in [-0.1, -0.05) is 12.1 Å². The molecule has 0 unspecified atom stereocenters. The lowest BCUT2D eigenvalue weighted by atomic mass is 10.1. The first-order valence-electron chi connectivity index (χ1n) is 3.23. The SMILES string of the molecule is Br.Cc1c(O)cccc1CN. The number of halogens is 1. The fourth-order valence-electron chi connectivity index (χ4n) is 0.891. The highest BCUT2D eigenvalue weighted by molar-refractivity contribution is 8.93. The van der Waals surface area contributed by atoms with Gasteiger partial charge < -0.3 is 10.8 Å². The molecule has 1 aromatic carbocycles. The fraction of sp³-hybridized carbons (Fsp3) is 0.250. The molecule has 0 bridgehead atoms. The largest absolute Gasteiger partial charge is 0.508 e. The maximum atomic E-state index is 9.18. The van der Waals surface area contributed by atoms with E-state index in [1.165, 1.54) is 0 Å². The van der Waals surface area contributed by atoms with Gasteiger partial charge in [0.05, 0.1) is 0 Å². The van der Waals surface area contributed by atoms with E-state index in [1.807, 2.05) is 13.0 Å². The molecular weight excluding hydrogens is 206 g/mol. The van der Waals surface area contributed by atoms with Gasteiger partial charge in [-0.3, -0.25) is 0 Å². The van der Waals surface area contributed by atoms with Crippen LogP contribution in [0.5, 0.6) is 5.75 Å². The molecular formula is C8H12BrNO. The first kappa shape index (κ1) is 10.5. The molecule has 0 aliphatic rings. The molecule has 1 aromatic rings.